The lowest BCUT2D eigenvalue weighted by atomic mass is 9.60. The fraction of sp³-hybridized carbons (Fsp3) is 1.00. The third-order valence-electron chi connectivity index (χ3n) is 5.60. The number of likely N-dealkylation sites (tertiary alicyclic amines) is 1. The summed E-state index contributed by atoms with van der Waals surface area (Å²) in [6.07, 6.45) is 7.56. The van der Waals surface area contributed by atoms with E-state index in [-0.39, 0.29) is 0 Å². The molecule has 2 heteroatoms. The lowest BCUT2D eigenvalue weighted by Gasteiger charge is -2.45. The van der Waals surface area contributed by atoms with Gasteiger partial charge in [0.15, 0.2) is 0 Å². The zero-order chi connectivity index (χ0) is 11.8. The zero-order valence-corrected chi connectivity index (χ0v) is 11.6. The first kappa shape index (κ1) is 12.0. The van der Waals surface area contributed by atoms with Gasteiger partial charge in [-0.05, 0) is 83.0 Å². The van der Waals surface area contributed by atoms with E-state index in [4.69, 9.17) is 0 Å². The molecule has 98 valence electrons. The van der Waals surface area contributed by atoms with Crippen molar-refractivity contribution in [3.8, 4) is 0 Å². The van der Waals surface area contributed by atoms with Gasteiger partial charge in [0.25, 0.3) is 0 Å². The van der Waals surface area contributed by atoms with Crippen molar-refractivity contribution in [2.45, 2.75) is 32.1 Å². The van der Waals surface area contributed by atoms with Gasteiger partial charge in [0.1, 0.15) is 0 Å². The Morgan fingerprint density at radius 1 is 0.941 bits per heavy atom. The van der Waals surface area contributed by atoms with Crippen molar-refractivity contribution in [1.82, 2.24) is 9.80 Å². The van der Waals surface area contributed by atoms with E-state index in [9.17, 15) is 0 Å². The monoisotopic (exact) mass is 236 g/mol. The van der Waals surface area contributed by atoms with Gasteiger partial charge in [0.2, 0.25) is 0 Å². The molecule has 2 nitrogen and oxygen atoms in total. The molecule has 4 aliphatic rings. The number of hydrogen-bond donors (Lipinski definition) is 0. The van der Waals surface area contributed by atoms with E-state index in [0.717, 1.165) is 23.7 Å². The molecule has 0 aromatic heterocycles. The molecule has 0 aromatic rings. The molecule has 0 amide bonds. The molecule has 0 unspecified atom stereocenters. The summed E-state index contributed by atoms with van der Waals surface area (Å²) in [6, 6.07) is 0. The summed E-state index contributed by atoms with van der Waals surface area (Å²) in [5.74, 6) is 4.37. The van der Waals surface area contributed by atoms with E-state index >= 15 is 0 Å². The molecule has 4 fully saturated rings. The molecular formula is C15H28N2. The quantitative estimate of drug-likeness (QED) is 0.739. The van der Waals surface area contributed by atoms with Gasteiger partial charge in [0.05, 0.1) is 0 Å². The van der Waals surface area contributed by atoms with E-state index in [0.29, 0.717) is 0 Å². The second-order valence-corrected chi connectivity index (χ2v) is 6.92. The maximum atomic E-state index is 2.77. The van der Waals surface area contributed by atoms with Gasteiger partial charge in [-0.2, -0.15) is 0 Å². The summed E-state index contributed by atoms with van der Waals surface area (Å²) in [5.41, 5.74) is 0. The number of hydrogen-bond acceptors (Lipinski definition) is 2. The predicted molar refractivity (Wildman–Crippen MR) is 72.0 cm³/mol. The number of nitrogens with zero attached hydrogens (tertiary/aromatic N) is 2. The van der Waals surface area contributed by atoms with Crippen LogP contribution in [-0.4, -0.2) is 50.1 Å². The smallest absolute Gasteiger partial charge is 0.00157 e. The van der Waals surface area contributed by atoms with Crippen LogP contribution in [0.25, 0.3) is 0 Å². The molecule has 0 aromatic carbocycles. The Balaban J connectivity index is 1.51. The second-order valence-electron chi connectivity index (χ2n) is 6.92. The maximum Gasteiger partial charge on any atom is 0.00157 e. The predicted octanol–water partition coefficient (Wildman–Crippen LogP) is 2.31. The highest BCUT2D eigenvalue weighted by atomic mass is 15.2. The first-order valence-corrected chi connectivity index (χ1v) is 7.61. The first-order valence-electron chi connectivity index (χ1n) is 7.61. The average molecular weight is 236 g/mol. The molecule has 0 spiro atoms. The third-order valence-corrected chi connectivity index (χ3v) is 5.60. The molecule has 0 radical (unpaired) electrons. The maximum absolute atomic E-state index is 2.77. The Labute approximate surface area is 106 Å². The van der Waals surface area contributed by atoms with E-state index in [1.807, 2.05) is 0 Å². The van der Waals surface area contributed by atoms with Crippen LogP contribution in [0.4, 0.5) is 0 Å². The highest BCUT2D eigenvalue weighted by molar-refractivity contribution is 4.98. The summed E-state index contributed by atoms with van der Waals surface area (Å²) in [6.45, 7) is 5.45. The van der Waals surface area contributed by atoms with E-state index in [1.54, 1.807) is 25.7 Å². The van der Waals surface area contributed by atoms with Crippen molar-refractivity contribution >= 4 is 0 Å². The minimum atomic E-state index is 1.09. The number of rotatable bonds is 4. The average Bonchev–Trinajstić information content (AvgIpc) is 2.75. The van der Waals surface area contributed by atoms with Crippen LogP contribution in [0.2, 0.25) is 0 Å². The lowest BCUT2D eigenvalue weighted by Crippen LogP contribution is -2.38. The van der Waals surface area contributed by atoms with Crippen LogP contribution in [0.15, 0.2) is 0 Å². The summed E-state index contributed by atoms with van der Waals surface area (Å²) in [7, 11) is 4.37. The van der Waals surface area contributed by atoms with Gasteiger partial charge < -0.3 is 9.80 Å². The Bertz CT molecular complexity index is 236. The minimum absolute atomic E-state index is 1.09. The third kappa shape index (κ3) is 2.39. The molecule has 1 heterocycles. The molecule has 4 rings (SSSR count). The largest absolute Gasteiger partial charge is 0.309 e. The zero-order valence-electron chi connectivity index (χ0n) is 11.6. The van der Waals surface area contributed by atoms with Crippen molar-refractivity contribution < 1.29 is 0 Å². The van der Waals surface area contributed by atoms with Crippen molar-refractivity contribution in [3.63, 3.8) is 0 Å². The Kier molecular flexibility index (Phi) is 3.45. The van der Waals surface area contributed by atoms with Crippen LogP contribution >= 0.6 is 0 Å². The molecule has 3 aliphatic carbocycles. The van der Waals surface area contributed by atoms with Gasteiger partial charge in [0, 0.05) is 13.1 Å². The Hall–Kier alpha value is -0.0800. The SMILES string of the molecule is CN(C)CCCN1C[C@H]2C3CCC(CC3)[C@@H]2C1. The van der Waals surface area contributed by atoms with Gasteiger partial charge >= 0.3 is 0 Å². The topological polar surface area (TPSA) is 6.48 Å². The van der Waals surface area contributed by atoms with Crippen molar-refractivity contribution in [2.24, 2.45) is 23.7 Å². The van der Waals surface area contributed by atoms with E-state index in [1.165, 1.54) is 32.6 Å². The molecule has 2 atom stereocenters. The molecule has 0 N–H and O–H groups in total. The molecule has 3 saturated carbocycles. The van der Waals surface area contributed by atoms with Crippen LogP contribution < -0.4 is 0 Å². The van der Waals surface area contributed by atoms with Crippen LogP contribution in [0.5, 0.6) is 0 Å². The van der Waals surface area contributed by atoms with Crippen LogP contribution in [0, 0.1) is 23.7 Å². The van der Waals surface area contributed by atoms with Gasteiger partial charge in [-0.3, -0.25) is 0 Å². The van der Waals surface area contributed by atoms with Crippen molar-refractivity contribution in [1.29, 1.82) is 0 Å². The Morgan fingerprint density at radius 2 is 1.47 bits per heavy atom. The van der Waals surface area contributed by atoms with Crippen molar-refractivity contribution in [2.75, 3.05) is 40.3 Å². The first-order chi connectivity index (χ1) is 8.24. The Morgan fingerprint density at radius 3 is 1.94 bits per heavy atom. The highest BCUT2D eigenvalue weighted by Gasteiger charge is 2.47. The summed E-state index contributed by atoms with van der Waals surface area (Å²) in [4.78, 5) is 5.09. The van der Waals surface area contributed by atoms with Crippen LogP contribution in [-0.2, 0) is 0 Å². The standard InChI is InChI=1S/C15H28N2/c1-16(2)8-3-9-17-10-14-12-4-5-13(7-6-12)15(14)11-17/h12-15H,3-11H2,1-2H3/t12?,13?,14-,15-/m0/s1. The molecular weight excluding hydrogens is 208 g/mol. The fourth-order valence-electron chi connectivity index (χ4n) is 4.73. The van der Waals surface area contributed by atoms with Crippen LogP contribution in [0.3, 0.4) is 0 Å². The molecule has 1 saturated heterocycles. The summed E-state index contributed by atoms with van der Waals surface area (Å²) >= 11 is 0. The summed E-state index contributed by atoms with van der Waals surface area (Å²) < 4.78 is 0. The van der Waals surface area contributed by atoms with Gasteiger partial charge in [-0.1, -0.05) is 0 Å². The highest BCUT2D eigenvalue weighted by Crippen LogP contribution is 2.51. The molecule has 2 bridgehead atoms. The molecule has 17 heavy (non-hydrogen) atoms. The second kappa shape index (κ2) is 4.89. The van der Waals surface area contributed by atoms with E-state index < -0.39 is 0 Å². The van der Waals surface area contributed by atoms with Gasteiger partial charge in [-0.25, -0.2) is 0 Å². The number of fused-ring (bicyclic) bond motifs is 2. The summed E-state index contributed by atoms with van der Waals surface area (Å²) in [5, 5.41) is 0. The van der Waals surface area contributed by atoms with Crippen LogP contribution in [0.1, 0.15) is 32.1 Å². The lowest BCUT2D eigenvalue weighted by molar-refractivity contribution is 0.0577. The van der Waals surface area contributed by atoms with E-state index in [2.05, 4.69) is 23.9 Å². The van der Waals surface area contributed by atoms with Gasteiger partial charge in [-0.15, -0.1) is 0 Å². The minimum Gasteiger partial charge on any atom is -0.309 e. The fourth-order valence-corrected chi connectivity index (χ4v) is 4.73. The normalized spacial score (nSPS) is 41.1. The van der Waals surface area contributed by atoms with Crippen molar-refractivity contribution in [3.05, 3.63) is 0 Å². The molecule has 1 aliphatic heterocycles.